The van der Waals surface area contributed by atoms with Crippen LogP contribution >= 0.6 is 11.3 Å². The summed E-state index contributed by atoms with van der Waals surface area (Å²) in [4.78, 5) is 73.2. The number of piperazine rings is 1. The maximum atomic E-state index is 15.7. The Morgan fingerprint density at radius 3 is 2.29 bits per heavy atom. The molecule has 3 aliphatic heterocycles. The number of aryl methyl sites for hydroxylation is 1. The summed E-state index contributed by atoms with van der Waals surface area (Å²) in [6, 6.07) is 9.17. The van der Waals surface area contributed by atoms with E-state index in [1.54, 1.807) is 32.4 Å². The number of pyridine rings is 1. The first kappa shape index (κ1) is 45.7. The van der Waals surface area contributed by atoms with Gasteiger partial charge in [-0.05, 0) is 75.4 Å². The van der Waals surface area contributed by atoms with Crippen LogP contribution in [-0.2, 0) is 29.7 Å². The van der Waals surface area contributed by atoms with Crippen LogP contribution in [0.25, 0.3) is 21.2 Å². The number of imide groups is 1. The highest BCUT2D eigenvalue weighted by atomic mass is 32.1. The molecular weight excluding hydrogens is 835 g/mol. The zero-order valence-electron chi connectivity index (χ0n) is 36.7. The summed E-state index contributed by atoms with van der Waals surface area (Å²) < 4.78 is 44.9. The van der Waals surface area contributed by atoms with E-state index in [2.05, 4.69) is 20.4 Å². The average molecular weight is 891 g/mol. The predicted octanol–water partition coefficient (Wildman–Crippen LogP) is 3.66. The molecule has 2 aromatic carbocycles. The number of aromatic nitrogens is 1. The molecule has 18 heteroatoms. The first-order valence-electron chi connectivity index (χ1n) is 21.1. The Kier molecular flexibility index (Phi) is 14.0. The third-order valence-corrected chi connectivity index (χ3v) is 13.5. The number of anilines is 1. The molecule has 7 rings (SSSR count). The smallest absolute Gasteiger partial charge is 0.280 e. The number of carbonyl (C=O) groups excluding carboxylic acids is 4. The third kappa shape index (κ3) is 10.1. The van der Waals surface area contributed by atoms with E-state index < -0.39 is 30.5 Å². The molecule has 0 saturated carbocycles. The van der Waals surface area contributed by atoms with Crippen LogP contribution in [0, 0.1) is 0 Å². The molecule has 2 aromatic heterocycles. The first-order valence-corrected chi connectivity index (χ1v) is 21.9. The summed E-state index contributed by atoms with van der Waals surface area (Å²) in [6.45, 7) is 4.78. The second-order valence-electron chi connectivity index (χ2n) is 17.0. The topological polar surface area (TPSA) is 149 Å². The number of thiophene rings is 1. The number of piperidine rings is 2. The van der Waals surface area contributed by atoms with Gasteiger partial charge in [0, 0.05) is 100 Å². The van der Waals surface area contributed by atoms with Crippen LogP contribution in [0.2, 0.25) is 0 Å². The van der Waals surface area contributed by atoms with Crippen LogP contribution in [0.4, 0.5) is 14.5 Å². The van der Waals surface area contributed by atoms with Gasteiger partial charge in [-0.2, -0.15) is 0 Å². The van der Waals surface area contributed by atoms with Crippen LogP contribution < -0.4 is 30.6 Å². The SMILES string of the molecule is COc1cc(-c2cn(C)c(=O)c3cc(C(=O)NC4CCN(CCN5CCN(c6ccc(CN(C)C7CCC(=O)NC7=O)c(C=O)c6)CC5)CC4(F)F)sc23)cc(OC)c1CN(C)C. The van der Waals surface area contributed by atoms with E-state index in [0.717, 1.165) is 53.1 Å². The summed E-state index contributed by atoms with van der Waals surface area (Å²) in [6.07, 6.45) is 3.31. The molecule has 2 N–H and O–H groups in total. The van der Waals surface area contributed by atoms with Gasteiger partial charge in [0.25, 0.3) is 17.4 Å². The number of hydrogen-bond donors (Lipinski definition) is 2. The lowest BCUT2D eigenvalue weighted by molar-refractivity contribution is -0.137. The number of aldehydes is 1. The fraction of sp³-hybridized carbons (Fsp3) is 0.489. The van der Waals surface area contributed by atoms with E-state index in [9.17, 15) is 24.0 Å². The number of halogens is 2. The Morgan fingerprint density at radius 2 is 1.65 bits per heavy atom. The van der Waals surface area contributed by atoms with Gasteiger partial charge in [0.05, 0.1) is 48.7 Å². The highest BCUT2D eigenvalue weighted by molar-refractivity contribution is 7.21. The van der Waals surface area contributed by atoms with E-state index in [1.165, 1.54) is 10.6 Å². The van der Waals surface area contributed by atoms with Gasteiger partial charge in [0.15, 0.2) is 0 Å². The number of fused-ring (bicyclic) bond motifs is 1. The number of carbonyl (C=O) groups is 4. The second kappa shape index (κ2) is 19.2. The van der Waals surface area contributed by atoms with E-state index in [0.29, 0.717) is 84.9 Å². The molecule has 3 fully saturated rings. The molecular formula is C45H56F2N8O7S. The van der Waals surface area contributed by atoms with Crippen LogP contribution in [0.15, 0.2) is 47.4 Å². The monoisotopic (exact) mass is 890 g/mol. The predicted molar refractivity (Wildman–Crippen MR) is 238 cm³/mol. The van der Waals surface area contributed by atoms with Crippen molar-refractivity contribution in [2.75, 3.05) is 92.6 Å². The first-order chi connectivity index (χ1) is 30.1. The third-order valence-electron chi connectivity index (χ3n) is 12.3. The fourth-order valence-corrected chi connectivity index (χ4v) is 9.90. The quantitative estimate of drug-likeness (QED) is 0.133. The van der Waals surface area contributed by atoms with E-state index in [4.69, 9.17) is 9.47 Å². The van der Waals surface area contributed by atoms with Crippen molar-refractivity contribution in [1.29, 1.82) is 0 Å². The molecule has 0 bridgehead atoms. The number of alkyl halides is 2. The standard InChI is InChI=1S/C45H56F2N8O7S/c1-50(2)24-34-36(61-5)20-29(21-37(34)62-6)33-25-52(4)44(60)32-22-38(63-41(32)33)43(59)48-39-11-12-54(27-45(39,46)47)14-13-53-15-17-55(18-16-53)31-8-7-28(30(19-31)26-56)23-51(3)35-9-10-40(57)49-42(35)58/h7-8,19-22,25-26,35,39H,9-18,23-24,27H2,1-6H3,(H,48,59)(H,49,57,58). The molecule has 0 spiro atoms. The number of methoxy groups -OCH3 is 2. The summed E-state index contributed by atoms with van der Waals surface area (Å²) in [5.41, 5.74) is 4.20. The maximum absolute atomic E-state index is 15.7. The number of amides is 3. The van der Waals surface area contributed by atoms with Crippen LogP contribution in [0.1, 0.15) is 50.4 Å². The number of ether oxygens (including phenoxy) is 2. The number of rotatable bonds is 15. The molecule has 3 amide bonds. The van der Waals surface area contributed by atoms with Crippen LogP contribution in [0.3, 0.4) is 0 Å². The van der Waals surface area contributed by atoms with Gasteiger partial charge in [-0.3, -0.25) is 44.0 Å². The molecule has 2 unspecified atom stereocenters. The second-order valence-corrected chi connectivity index (χ2v) is 18.0. The van der Waals surface area contributed by atoms with Crippen molar-refractivity contribution < 1.29 is 37.4 Å². The van der Waals surface area contributed by atoms with Gasteiger partial charge in [0.1, 0.15) is 17.8 Å². The van der Waals surface area contributed by atoms with Gasteiger partial charge in [-0.1, -0.05) is 6.07 Å². The van der Waals surface area contributed by atoms with Crippen molar-refractivity contribution in [1.82, 2.24) is 34.8 Å². The Labute approximate surface area is 369 Å². The van der Waals surface area contributed by atoms with Crippen molar-refractivity contribution in [2.24, 2.45) is 7.05 Å². The zero-order valence-corrected chi connectivity index (χ0v) is 37.5. The van der Waals surface area contributed by atoms with Gasteiger partial charge in [-0.15, -0.1) is 11.3 Å². The zero-order chi connectivity index (χ0) is 45.2. The highest BCUT2D eigenvalue weighted by Crippen LogP contribution is 2.40. The molecule has 4 aromatic rings. The summed E-state index contributed by atoms with van der Waals surface area (Å²) in [7, 11) is 10.5. The largest absolute Gasteiger partial charge is 0.496 e. The van der Waals surface area contributed by atoms with Gasteiger partial charge in [0.2, 0.25) is 11.8 Å². The number of hydrogen-bond acceptors (Lipinski definition) is 13. The van der Waals surface area contributed by atoms with E-state index >= 15 is 8.78 Å². The Balaban J connectivity index is 0.931. The summed E-state index contributed by atoms with van der Waals surface area (Å²) >= 11 is 1.10. The number of benzene rings is 2. The van der Waals surface area contributed by atoms with Crippen molar-refractivity contribution in [2.45, 2.75) is 50.4 Å². The Bertz CT molecular complexity index is 2410. The molecule has 3 aliphatic rings. The minimum atomic E-state index is -3.18. The number of likely N-dealkylation sites (N-methyl/N-ethyl adjacent to an activating group) is 1. The van der Waals surface area contributed by atoms with Gasteiger partial charge < -0.3 is 29.2 Å². The van der Waals surface area contributed by atoms with Crippen molar-refractivity contribution in [3.63, 3.8) is 0 Å². The molecule has 3 saturated heterocycles. The minimum absolute atomic E-state index is 0.0711. The van der Waals surface area contributed by atoms with Crippen LogP contribution in [-0.4, -0.2) is 154 Å². The fourth-order valence-electron chi connectivity index (χ4n) is 8.82. The van der Waals surface area contributed by atoms with E-state index in [1.807, 2.05) is 61.3 Å². The molecule has 0 aliphatic carbocycles. The molecule has 5 heterocycles. The minimum Gasteiger partial charge on any atom is -0.496 e. The van der Waals surface area contributed by atoms with Crippen molar-refractivity contribution >= 4 is 51.1 Å². The summed E-state index contributed by atoms with van der Waals surface area (Å²) in [5.74, 6) is -3.21. The van der Waals surface area contributed by atoms with E-state index in [-0.39, 0.29) is 35.1 Å². The van der Waals surface area contributed by atoms with Crippen LogP contribution in [0.5, 0.6) is 11.5 Å². The normalized spacial score (nSPS) is 19.7. The molecule has 63 heavy (non-hydrogen) atoms. The maximum Gasteiger partial charge on any atom is 0.280 e. The number of nitrogens with one attached hydrogen (secondary N) is 2. The lowest BCUT2D eigenvalue weighted by Gasteiger charge is -2.40. The molecule has 338 valence electrons. The Morgan fingerprint density at radius 1 is 0.952 bits per heavy atom. The lowest BCUT2D eigenvalue weighted by Crippen LogP contribution is -2.59. The molecule has 0 radical (unpaired) electrons. The number of likely N-dealkylation sites (tertiary alicyclic amines) is 1. The molecule has 15 nitrogen and oxygen atoms in total. The number of nitrogens with zero attached hydrogens (tertiary/aromatic N) is 6. The van der Waals surface area contributed by atoms with Gasteiger partial charge in [-0.25, -0.2) is 8.78 Å². The summed E-state index contributed by atoms with van der Waals surface area (Å²) in [5, 5.41) is 5.30. The van der Waals surface area contributed by atoms with Crippen molar-refractivity contribution in [3.05, 3.63) is 74.5 Å². The molecule has 2 atom stereocenters. The lowest BCUT2D eigenvalue weighted by atomic mass is 10.0. The highest BCUT2D eigenvalue weighted by Gasteiger charge is 2.45. The average Bonchev–Trinajstić information content (AvgIpc) is 3.71. The van der Waals surface area contributed by atoms with Gasteiger partial charge >= 0.3 is 0 Å². The Hall–Kier alpha value is -5.27. The van der Waals surface area contributed by atoms with Crippen molar-refractivity contribution in [3.8, 4) is 22.6 Å².